The van der Waals surface area contributed by atoms with Crippen molar-refractivity contribution >= 4 is 50.6 Å². The zero-order chi connectivity index (χ0) is 23.5. The number of rotatable bonds is 4. The molecular formula is C19H15ClN6O2S. The SMILES string of the molecule is [2H]C1([2H])NC(=O)c2c(Nc3cccc(Cl)c3OC)c(-c3ccnc4cnsc34)nn2C1([2H])[2H]. The highest BCUT2D eigenvalue weighted by Crippen LogP contribution is 2.41. The van der Waals surface area contributed by atoms with E-state index < -0.39 is 18.9 Å². The number of methoxy groups -OCH3 is 1. The largest absolute Gasteiger partial charge is 0.493 e. The van der Waals surface area contributed by atoms with Crippen LogP contribution in [0.2, 0.25) is 5.02 Å². The highest BCUT2D eigenvalue weighted by molar-refractivity contribution is 7.13. The van der Waals surface area contributed by atoms with Gasteiger partial charge in [-0.05, 0) is 29.7 Å². The third-order valence-electron chi connectivity index (χ3n) is 4.38. The van der Waals surface area contributed by atoms with Crippen LogP contribution < -0.4 is 15.4 Å². The van der Waals surface area contributed by atoms with E-state index in [2.05, 4.69) is 25.1 Å². The Balaban J connectivity index is 1.81. The predicted molar refractivity (Wildman–Crippen MR) is 112 cm³/mol. The molecule has 4 heterocycles. The summed E-state index contributed by atoms with van der Waals surface area (Å²) in [6.07, 6.45) is 3.15. The molecule has 5 rings (SSSR count). The summed E-state index contributed by atoms with van der Waals surface area (Å²) in [5, 5.41) is 9.93. The van der Waals surface area contributed by atoms with Gasteiger partial charge in [-0.3, -0.25) is 14.5 Å². The maximum atomic E-state index is 13.0. The zero-order valence-electron chi connectivity index (χ0n) is 18.9. The number of nitrogens with zero attached hydrogens (tertiary/aromatic N) is 4. The maximum Gasteiger partial charge on any atom is 0.271 e. The van der Waals surface area contributed by atoms with E-state index in [9.17, 15) is 4.79 Å². The number of carbonyl (C=O) groups excluding carboxylic acids is 1. The molecule has 1 aliphatic heterocycles. The number of aryl methyl sites for hydroxylation is 1. The number of nitrogens with one attached hydrogen (secondary N) is 2. The van der Waals surface area contributed by atoms with Crippen LogP contribution in [0.3, 0.4) is 0 Å². The summed E-state index contributed by atoms with van der Waals surface area (Å²) in [5.41, 5.74) is 1.78. The highest BCUT2D eigenvalue weighted by Gasteiger charge is 2.29. The van der Waals surface area contributed by atoms with Gasteiger partial charge in [0.05, 0.1) is 46.4 Å². The molecule has 0 aliphatic carbocycles. The topological polar surface area (TPSA) is 94.0 Å². The van der Waals surface area contributed by atoms with E-state index in [1.165, 1.54) is 18.6 Å². The zero-order valence-corrected chi connectivity index (χ0v) is 16.4. The summed E-state index contributed by atoms with van der Waals surface area (Å²) >= 11 is 7.43. The number of halogens is 1. The minimum absolute atomic E-state index is 0.161. The number of carbonyl (C=O) groups is 1. The molecule has 1 amide bonds. The lowest BCUT2D eigenvalue weighted by Crippen LogP contribution is -2.35. The van der Waals surface area contributed by atoms with Gasteiger partial charge >= 0.3 is 0 Å². The molecule has 10 heteroatoms. The Morgan fingerprint density at radius 2 is 2.31 bits per heavy atom. The average molecular weight is 431 g/mol. The Hall–Kier alpha value is -3.17. The minimum atomic E-state index is -2.69. The van der Waals surface area contributed by atoms with E-state index in [1.54, 1.807) is 36.7 Å². The molecule has 0 radical (unpaired) electrons. The quantitative estimate of drug-likeness (QED) is 0.512. The Morgan fingerprint density at radius 1 is 1.41 bits per heavy atom. The van der Waals surface area contributed by atoms with E-state index in [-0.39, 0.29) is 17.1 Å². The lowest BCUT2D eigenvalue weighted by Gasteiger charge is -2.17. The summed E-state index contributed by atoms with van der Waals surface area (Å²) in [6, 6.07) is 6.69. The molecule has 0 saturated carbocycles. The fourth-order valence-corrected chi connectivity index (χ4v) is 4.10. The standard InChI is InChI=1S/C19H15ClN6O2S/c1-28-17-11(20)3-2-4-12(17)24-15-14(25-26-8-7-22-19(27)16(15)26)10-5-6-21-13-9-23-29-18(10)13/h2-6,9,24H,7-8H2,1H3,(H,22,27)/i7D2,8D2. The van der Waals surface area contributed by atoms with Crippen LogP contribution in [0.1, 0.15) is 16.0 Å². The van der Waals surface area contributed by atoms with Gasteiger partial charge in [-0.25, -0.2) is 0 Å². The van der Waals surface area contributed by atoms with E-state index in [1.807, 2.05) is 0 Å². The van der Waals surface area contributed by atoms with Crippen molar-refractivity contribution in [1.82, 2.24) is 24.5 Å². The molecule has 0 unspecified atom stereocenters. The Morgan fingerprint density at radius 3 is 3.17 bits per heavy atom. The molecule has 0 saturated heterocycles. The molecule has 0 spiro atoms. The Bertz CT molecular complexity index is 1420. The van der Waals surface area contributed by atoms with E-state index in [0.717, 1.165) is 4.68 Å². The second kappa shape index (κ2) is 7.02. The molecule has 4 aromatic rings. The van der Waals surface area contributed by atoms with Gasteiger partial charge in [-0.1, -0.05) is 17.7 Å². The highest BCUT2D eigenvalue weighted by atomic mass is 35.5. The van der Waals surface area contributed by atoms with Gasteiger partial charge in [0.25, 0.3) is 5.91 Å². The van der Waals surface area contributed by atoms with Crippen LogP contribution in [0.25, 0.3) is 21.5 Å². The summed E-state index contributed by atoms with van der Waals surface area (Å²) in [5.74, 6) is -0.510. The van der Waals surface area contributed by atoms with E-state index >= 15 is 0 Å². The van der Waals surface area contributed by atoms with Crippen molar-refractivity contribution in [1.29, 1.82) is 0 Å². The first-order chi connectivity index (χ1) is 15.7. The van der Waals surface area contributed by atoms with Crippen molar-refractivity contribution in [2.24, 2.45) is 0 Å². The molecule has 3 aromatic heterocycles. The smallest absolute Gasteiger partial charge is 0.271 e. The van der Waals surface area contributed by atoms with Gasteiger partial charge in [-0.2, -0.15) is 9.47 Å². The monoisotopic (exact) mass is 430 g/mol. The number of anilines is 2. The molecule has 2 N–H and O–H groups in total. The second-order valence-electron chi connectivity index (χ2n) is 6.02. The number of pyridine rings is 1. The number of hydrogen-bond acceptors (Lipinski definition) is 7. The van der Waals surface area contributed by atoms with Crippen molar-refractivity contribution in [2.45, 2.75) is 6.50 Å². The first-order valence-electron chi connectivity index (χ1n) is 10.4. The number of para-hydroxylation sites is 1. The van der Waals surface area contributed by atoms with E-state index in [4.69, 9.17) is 21.8 Å². The number of hydrogen-bond donors (Lipinski definition) is 2. The number of benzene rings is 1. The molecule has 1 aromatic carbocycles. The fraction of sp³-hybridized carbons (Fsp3) is 0.158. The summed E-state index contributed by atoms with van der Waals surface area (Å²) in [7, 11) is 1.45. The van der Waals surface area contributed by atoms with Gasteiger partial charge in [0.15, 0.2) is 5.75 Å². The number of aromatic nitrogens is 4. The van der Waals surface area contributed by atoms with Crippen LogP contribution in [-0.4, -0.2) is 38.7 Å². The molecule has 146 valence electrons. The Kier molecular flexibility index (Phi) is 3.37. The van der Waals surface area contributed by atoms with Crippen LogP contribution in [0, 0.1) is 0 Å². The van der Waals surface area contributed by atoms with Gasteiger partial charge in [0.2, 0.25) is 0 Å². The lowest BCUT2D eigenvalue weighted by molar-refractivity contribution is 0.0925. The van der Waals surface area contributed by atoms with Crippen LogP contribution in [0.4, 0.5) is 11.4 Å². The van der Waals surface area contributed by atoms with Crippen LogP contribution in [0.5, 0.6) is 5.75 Å². The number of ether oxygens (including phenoxy) is 1. The fourth-order valence-electron chi connectivity index (χ4n) is 3.13. The molecular weight excluding hydrogens is 412 g/mol. The van der Waals surface area contributed by atoms with Gasteiger partial charge in [0.1, 0.15) is 16.9 Å². The molecule has 0 atom stereocenters. The third kappa shape index (κ3) is 2.90. The molecule has 0 bridgehead atoms. The van der Waals surface area contributed by atoms with Crippen LogP contribution in [-0.2, 0) is 6.50 Å². The van der Waals surface area contributed by atoms with Gasteiger partial charge in [-0.15, -0.1) is 0 Å². The van der Waals surface area contributed by atoms with Crippen molar-refractivity contribution in [3.63, 3.8) is 0 Å². The Labute approximate surface area is 180 Å². The van der Waals surface area contributed by atoms with Crippen LogP contribution >= 0.6 is 23.1 Å². The first-order valence-corrected chi connectivity index (χ1v) is 9.56. The summed E-state index contributed by atoms with van der Waals surface area (Å²) in [6.45, 7) is -5.37. The minimum Gasteiger partial charge on any atom is -0.493 e. The number of amides is 1. The third-order valence-corrected chi connectivity index (χ3v) is 5.50. The van der Waals surface area contributed by atoms with Crippen molar-refractivity contribution < 1.29 is 15.0 Å². The summed E-state index contributed by atoms with van der Waals surface area (Å²) in [4.78, 5) is 17.3. The second-order valence-corrected chi connectivity index (χ2v) is 7.23. The lowest BCUT2D eigenvalue weighted by atomic mass is 10.1. The van der Waals surface area contributed by atoms with Gasteiger partial charge in [0, 0.05) is 18.3 Å². The van der Waals surface area contributed by atoms with Crippen molar-refractivity contribution in [3.8, 4) is 17.0 Å². The molecule has 29 heavy (non-hydrogen) atoms. The number of fused-ring (bicyclic) bond motifs is 2. The average Bonchev–Trinajstić information content (AvgIpc) is 3.38. The molecule has 8 nitrogen and oxygen atoms in total. The maximum absolute atomic E-state index is 13.0. The first kappa shape index (κ1) is 13.9. The van der Waals surface area contributed by atoms with Crippen molar-refractivity contribution in [2.75, 3.05) is 18.9 Å². The molecule has 1 aliphatic rings. The van der Waals surface area contributed by atoms with Crippen molar-refractivity contribution in [3.05, 3.63) is 47.4 Å². The van der Waals surface area contributed by atoms with Crippen LogP contribution in [0.15, 0.2) is 36.7 Å². The predicted octanol–water partition coefficient (Wildman–Crippen LogP) is 3.70. The van der Waals surface area contributed by atoms with Gasteiger partial charge < -0.3 is 15.4 Å². The summed E-state index contributed by atoms with van der Waals surface area (Å²) < 4.78 is 43.8. The van der Waals surface area contributed by atoms with E-state index in [0.29, 0.717) is 32.2 Å². The normalized spacial score (nSPS) is 18.8. The molecule has 0 fully saturated rings.